The summed E-state index contributed by atoms with van der Waals surface area (Å²) in [5.74, 6) is -0.717. The van der Waals surface area contributed by atoms with Gasteiger partial charge in [-0.05, 0) is 17.2 Å². The second kappa shape index (κ2) is 3.94. The van der Waals surface area contributed by atoms with Crippen molar-refractivity contribution in [2.45, 2.75) is 12.0 Å². The van der Waals surface area contributed by atoms with E-state index in [-0.39, 0.29) is 6.42 Å². The molecule has 0 saturated heterocycles. The number of rotatable bonds is 2. The van der Waals surface area contributed by atoms with Gasteiger partial charge in [-0.15, -0.1) is 0 Å². The van der Waals surface area contributed by atoms with Crippen molar-refractivity contribution in [2.75, 3.05) is 0 Å². The fourth-order valence-electron chi connectivity index (χ4n) is 1.75. The van der Waals surface area contributed by atoms with Crippen LogP contribution in [0.2, 0.25) is 0 Å². The maximum absolute atomic E-state index is 11.1. The number of carbonyl (C=O) groups is 1. The van der Waals surface area contributed by atoms with E-state index in [2.05, 4.69) is 0 Å². The normalized spacial score (nSPS) is 23.9. The van der Waals surface area contributed by atoms with Gasteiger partial charge in [-0.2, -0.15) is 0 Å². The van der Waals surface area contributed by atoms with Gasteiger partial charge in [0.25, 0.3) is 5.91 Å². The Morgan fingerprint density at radius 1 is 1.31 bits per heavy atom. The summed E-state index contributed by atoms with van der Waals surface area (Å²) >= 11 is 0. The van der Waals surface area contributed by atoms with Gasteiger partial charge in [-0.3, -0.25) is 4.79 Å². The molecule has 1 aliphatic rings. The number of primary amides is 1. The first-order valence-electron chi connectivity index (χ1n) is 5.08. The van der Waals surface area contributed by atoms with Gasteiger partial charge in [0.05, 0.1) is 0 Å². The summed E-state index contributed by atoms with van der Waals surface area (Å²) in [6, 6.07) is 9.62. The molecule has 0 aromatic heterocycles. The van der Waals surface area contributed by atoms with E-state index in [1.165, 1.54) is 6.08 Å². The van der Waals surface area contributed by atoms with E-state index in [0.717, 1.165) is 11.1 Å². The summed E-state index contributed by atoms with van der Waals surface area (Å²) in [6.07, 6.45) is 5.20. The van der Waals surface area contributed by atoms with Crippen LogP contribution in [0.25, 0.3) is 5.57 Å². The number of aliphatic hydroxyl groups is 1. The molecule has 0 saturated carbocycles. The number of hydrogen-bond donors (Lipinski definition) is 2. The molecule has 1 aromatic rings. The third kappa shape index (κ3) is 1.90. The lowest BCUT2D eigenvalue weighted by Crippen LogP contribution is -2.42. The van der Waals surface area contributed by atoms with E-state index >= 15 is 0 Å². The summed E-state index contributed by atoms with van der Waals surface area (Å²) < 4.78 is 0. The number of amides is 1. The van der Waals surface area contributed by atoms with Crippen LogP contribution in [0.4, 0.5) is 0 Å². The molecular formula is C13H13NO2. The highest BCUT2D eigenvalue weighted by Crippen LogP contribution is 2.29. The average Bonchev–Trinajstić information content (AvgIpc) is 2.30. The molecule has 3 nitrogen and oxygen atoms in total. The summed E-state index contributed by atoms with van der Waals surface area (Å²) in [6.45, 7) is 0. The average molecular weight is 215 g/mol. The van der Waals surface area contributed by atoms with Crippen LogP contribution in [0.3, 0.4) is 0 Å². The molecule has 0 heterocycles. The van der Waals surface area contributed by atoms with Gasteiger partial charge < -0.3 is 10.8 Å². The van der Waals surface area contributed by atoms with Gasteiger partial charge in [-0.25, -0.2) is 0 Å². The SMILES string of the molecule is NC(=O)C1(O)C=CC=C(c2ccccc2)C1. The van der Waals surface area contributed by atoms with Crippen LogP contribution < -0.4 is 5.73 Å². The molecule has 0 radical (unpaired) electrons. The van der Waals surface area contributed by atoms with Crippen molar-refractivity contribution in [3.63, 3.8) is 0 Å². The Morgan fingerprint density at radius 3 is 2.62 bits per heavy atom. The van der Waals surface area contributed by atoms with Gasteiger partial charge in [0.1, 0.15) is 0 Å². The van der Waals surface area contributed by atoms with Crippen LogP contribution in [-0.4, -0.2) is 16.6 Å². The summed E-state index contributed by atoms with van der Waals surface area (Å²) in [7, 11) is 0. The van der Waals surface area contributed by atoms with Crippen LogP contribution >= 0.6 is 0 Å². The second-order valence-corrected chi connectivity index (χ2v) is 3.88. The fraction of sp³-hybridized carbons (Fsp3) is 0.154. The molecule has 1 atom stereocenters. The van der Waals surface area contributed by atoms with Gasteiger partial charge in [0, 0.05) is 6.42 Å². The Kier molecular flexibility index (Phi) is 2.62. The Bertz CT molecular complexity index is 462. The first-order chi connectivity index (χ1) is 7.62. The Morgan fingerprint density at radius 2 is 2.00 bits per heavy atom. The van der Waals surface area contributed by atoms with Crippen LogP contribution in [-0.2, 0) is 4.79 Å². The summed E-state index contributed by atoms with van der Waals surface area (Å²) in [5, 5.41) is 9.98. The van der Waals surface area contributed by atoms with Gasteiger partial charge in [0.2, 0.25) is 0 Å². The van der Waals surface area contributed by atoms with E-state index < -0.39 is 11.5 Å². The third-order valence-electron chi connectivity index (χ3n) is 2.70. The minimum atomic E-state index is -1.56. The molecule has 2 rings (SSSR count). The quantitative estimate of drug-likeness (QED) is 0.779. The van der Waals surface area contributed by atoms with E-state index in [0.29, 0.717) is 0 Å². The van der Waals surface area contributed by atoms with Crippen LogP contribution in [0, 0.1) is 0 Å². The van der Waals surface area contributed by atoms with Gasteiger partial charge >= 0.3 is 0 Å². The molecule has 0 spiro atoms. The predicted octanol–water partition coefficient (Wildman–Crippen LogP) is 1.25. The minimum absolute atomic E-state index is 0.225. The minimum Gasteiger partial charge on any atom is -0.376 e. The van der Waals surface area contributed by atoms with E-state index in [4.69, 9.17) is 5.73 Å². The van der Waals surface area contributed by atoms with E-state index in [9.17, 15) is 9.90 Å². The van der Waals surface area contributed by atoms with Crippen LogP contribution in [0.5, 0.6) is 0 Å². The molecule has 82 valence electrons. The molecule has 3 N–H and O–H groups in total. The highest BCUT2D eigenvalue weighted by atomic mass is 16.3. The van der Waals surface area contributed by atoms with Gasteiger partial charge in [-0.1, -0.05) is 42.5 Å². The number of nitrogens with two attached hydrogens (primary N) is 1. The first kappa shape index (κ1) is 10.6. The largest absolute Gasteiger partial charge is 0.376 e. The first-order valence-corrected chi connectivity index (χ1v) is 5.08. The topological polar surface area (TPSA) is 63.3 Å². The van der Waals surface area contributed by atoms with Crippen LogP contribution in [0.1, 0.15) is 12.0 Å². The number of hydrogen-bond acceptors (Lipinski definition) is 2. The molecule has 1 aliphatic carbocycles. The smallest absolute Gasteiger partial charge is 0.253 e. The summed E-state index contributed by atoms with van der Waals surface area (Å²) in [4.78, 5) is 11.1. The third-order valence-corrected chi connectivity index (χ3v) is 2.70. The highest BCUT2D eigenvalue weighted by Gasteiger charge is 2.33. The van der Waals surface area contributed by atoms with E-state index in [1.54, 1.807) is 6.08 Å². The van der Waals surface area contributed by atoms with Crippen molar-refractivity contribution in [3.8, 4) is 0 Å². The fourth-order valence-corrected chi connectivity index (χ4v) is 1.75. The van der Waals surface area contributed by atoms with Crippen molar-refractivity contribution in [2.24, 2.45) is 5.73 Å². The van der Waals surface area contributed by atoms with Crippen molar-refractivity contribution in [3.05, 3.63) is 54.1 Å². The van der Waals surface area contributed by atoms with Crippen LogP contribution in [0.15, 0.2) is 48.6 Å². The van der Waals surface area contributed by atoms with Crippen molar-refractivity contribution in [1.82, 2.24) is 0 Å². The Balaban J connectivity index is 2.31. The molecule has 0 fully saturated rings. The molecule has 1 unspecified atom stereocenters. The molecule has 1 amide bonds. The zero-order chi connectivity index (χ0) is 11.6. The van der Waals surface area contributed by atoms with E-state index in [1.807, 2.05) is 36.4 Å². The Labute approximate surface area is 93.9 Å². The van der Waals surface area contributed by atoms with Crippen molar-refractivity contribution in [1.29, 1.82) is 0 Å². The predicted molar refractivity (Wildman–Crippen MR) is 62.3 cm³/mol. The number of carbonyl (C=O) groups excluding carboxylic acids is 1. The molecule has 3 heteroatoms. The number of benzene rings is 1. The molecule has 1 aromatic carbocycles. The second-order valence-electron chi connectivity index (χ2n) is 3.88. The lowest BCUT2D eigenvalue weighted by Gasteiger charge is -2.25. The molecular weight excluding hydrogens is 202 g/mol. The zero-order valence-electron chi connectivity index (χ0n) is 8.76. The monoisotopic (exact) mass is 215 g/mol. The zero-order valence-corrected chi connectivity index (χ0v) is 8.76. The maximum atomic E-state index is 11.1. The van der Waals surface area contributed by atoms with Crippen molar-refractivity contribution >= 4 is 11.5 Å². The maximum Gasteiger partial charge on any atom is 0.253 e. The Hall–Kier alpha value is -1.87. The standard InChI is InChI=1S/C13H13NO2/c14-12(15)13(16)8-4-7-11(9-13)10-5-2-1-3-6-10/h1-8,16H,9H2,(H2,14,15). The lowest BCUT2D eigenvalue weighted by molar-refractivity contribution is -0.131. The summed E-state index contributed by atoms with van der Waals surface area (Å²) in [5.41, 5.74) is 5.52. The highest BCUT2D eigenvalue weighted by molar-refractivity contribution is 5.89. The molecule has 0 aliphatic heterocycles. The lowest BCUT2D eigenvalue weighted by atomic mass is 9.86. The van der Waals surface area contributed by atoms with Crippen molar-refractivity contribution < 1.29 is 9.90 Å². The number of allylic oxidation sites excluding steroid dienone is 2. The molecule has 0 bridgehead atoms. The van der Waals surface area contributed by atoms with Gasteiger partial charge in [0.15, 0.2) is 5.60 Å². The molecule has 16 heavy (non-hydrogen) atoms.